The molecule has 0 aromatic carbocycles. The molecule has 0 aliphatic rings. The minimum Gasteiger partial charge on any atom is -0.444 e. The van der Waals surface area contributed by atoms with Gasteiger partial charge in [-0.1, -0.05) is 0 Å². The summed E-state index contributed by atoms with van der Waals surface area (Å²) in [6.45, 7) is 4.44. The molecule has 0 radical (unpaired) electrons. The zero-order valence-electron chi connectivity index (χ0n) is 9.61. The first kappa shape index (κ1) is 12.2. The van der Waals surface area contributed by atoms with E-state index >= 15 is 0 Å². The zero-order valence-corrected chi connectivity index (χ0v) is 9.61. The molecule has 1 unspecified atom stereocenters. The molecule has 1 aromatic heterocycles. The molecule has 1 aromatic rings. The molecule has 1 N–H and O–H groups in total. The molecule has 15 heavy (non-hydrogen) atoms. The van der Waals surface area contributed by atoms with Gasteiger partial charge in [-0.05, 0) is 13.8 Å². The Balaban J connectivity index is 2.39. The van der Waals surface area contributed by atoms with Crippen molar-refractivity contribution in [3.8, 4) is 0 Å². The van der Waals surface area contributed by atoms with E-state index in [0.717, 1.165) is 5.76 Å². The quantitative estimate of drug-likeness (QED) is 0.722. The number of oxazole rings is 1. The maximum atomic E-state index is 5.39. The Hall–Kier alpha value is -0.910. The smallest absolute Gasteiger partial charge is 0.211 e. The van der Waals surface area contributed by atoms with Crippen LogP contribution in [0.5, 0.6) is 0 Å². The third-order valence-corrected chi connectivity index (χ3v) is 2.13. The number of aryl methyl sites for hydroxylation is 1. The fourth-order valence-electron chi connectivity index (χ4n) is 1.20. The van der Waals surface area contributed by atoms with E-state index in [1.54, 1.807) is 20.4 Å². The van der Waals surface area contributed by atoms with Gasteiger partial charge in [-0.3, -0.25) is 0 Å². The van der Waals surface area contributed by atoms with E-state index in [1.807, 2.05) is 13.8 Å². The van der Waals surface area contributed by atoms with Crippen molar-refractivity contribution in [2.45, 2.75) is 26.2 Å². The Morgan fingerprint density at radius 2 is 2.13 bits per heavy atom. The second-order valence-corrected chi connectivity index (χ2v) is 3.34. The van der Waals surface area contributed by atoms with Crippen molar-refractivity contribution in [1.82, 2.24) is 10.3 Å². The summed E-state index contributed by atoms with van der Waals surface area (Å²) < 4.78 is 15.5. The number of ether oxygens (including phenoxy) is 2. The van der Waals surface area contributed by atoms with Crippen molar-refractivity contribution in [3.05, 3.63) is 17.8 Å². The van der Waals surface area contributed by atoms with Crippen LogP contribution in [0.2, 0.25) is 0 Å². The van der Waals surface area contributed by atoms with Crippen molar-refractivity contribution in [2.75, 3.05) is 20.8 Å². The van der Waals surface area contributed by atoms with Gasteiger partial charge in [0.15, 0.2) is 6.29 Å². The van der Waals surface area contributed by atoms with Gasteiger partial charge in [-0.15, -0.1) is 0 Å². The highest BCUT2D eigenvalue weighted by molar-refractivity contribution is 4.94. The van der Waals surface area contributed by atoms with Crippen LogP contribution in [0.3, 0.4) is 0 Å². The minimum absolute atomic E-state index is 0.0477. The summed E-state index contributed by atoms with van der Waals surface area (Å²) in [7, 11) is 3.21. The summed E-state index contributed by atoms with van der Waals surface area (Å²) in [4.78, 5) is 4.13. The van der Waals surface area contributed by atoms with Crippen LogP contribution in [0.25, 0.3) is 0 Å². The van der Waals surface area contributed by atoms with Crippen molar-refractivity contribution in [3.63, 3.8) is 0 Å². The number of hydrogen-bond acceptors (Lipinski definition) is 5. The standard InChI is InChI=1S/C10H18N2O3/c1-7-5-12-10(15-7)8(2)11-6-9(13-3)14-4/h5,8-9,11H,6H2,1-4H3. The Kier molecular flexibility index (Phi) is 4.74. The monoisotopic (exact) mass is 214 g/mol. The predicted molar refractivity (Wildman–Crippen MR) is 55.5 cm³/mol. The molecular formula is C10H18N2O3. The van der Waals surface area contributed by atoms with E-state index in [4.69, 9.17) is 13.9 Å². The summed E-state index contributed by atoms with van der Waals surface area (Å²) in [6.07, 6.45) is 1.46. The third-order valence-electron chi connectivity index (χ3n) is 2.13. The van der Waals surface area contributed by atoms with Gasteiger partial charge < -0.3 is 19.2 Å². The normalized spacial score (nSPS) is 13.4. The fourth-order valence-corrected chi connectivity index (χ4v) is 1.20. The summed E-state index contributed by atoms with van der Waals surface area (Å²) in [6, 6.07) is 0.0477. The van der Waals surface area contributed by atoms with Gasteiger partial charge in [0.2, 0.25) is 5.89 Å². The first-order valence-corrected chi connectivity index (χ1v) is 4.88. The predicted octanol–water partition coefficient (Wildman–Crippen LogP) is 1.25. The highest BCUT2D eigenvalue weighted by Crippen LogP contribution is 2.11. The highest BCUT2D eigenvalue weighted by Gasteiger charge is 2.13. The Bertz CT molecular complexity index is 284. The lowest BCUT2D eigenvalue weighted by molar-refractivity contribution is -0.0999. The summed E-state index contributed by atoms with van der Waals surface area (Å²) in [5, 5.41) is 3.21. The number of rotatable bonds is 6. The van der Waals surface area contributed by atoms with Gasteiger partial charge in [-0.25, -0.2) is 4.98 Å². The molecule has 1 rings (SSSR count). The second kappa shape index (κ2) is 5.85. The van der Waals surface area contributed by atoms with E-state index in [2.05, 4.69) is 10.3 Å². The maximum absolute atomic E-state index is 5.39. The molecule has 1 heterocycles. The van der Waals surface area contributed by atoms with Gasteiger partial charge in [0.05, 0.1) is 12.2 Å². The summed E-state index contributed by atoms with van der Waals surface area (Å²) >= 11 is 0. The molecule has 0 saturated carbocycles. The molecular weight excluding hydrogens is 196 g/mol. The largest absolute Gasteiger partial charge is 0.444 e. The van der Waals surface area contributed by atoms with Gasteiger partial charge >= 0.3 is 0 Å². The topological polar surface area (TPSA) is 56.5 Å². The summed E-state index contributed by atoms with van der Waals surface area (Å²) in [5.74, 6) is 1.49. The molecule has 0 saturated heterocycles. The lowest BCUT2D eigenvalue weighted by atomic mass is 10.3. The van der Waals surface area contributed by atoms with E-state index < -0.39 is 0 Å². The third kappa shape index (κ3) is 3.62. The van der Waals surface area contributed by atoms with Crippen LogP contribution in [-0.2, 0) is 9.47 Å². The lowest BCUT2D eigenvalue weighted by Crippen LogP contribution is -2.31. The molecule has 5 heteroatoms. The van der Waals surface area contributed by atoms with Crippen molar-refractivity contribution < 1.29 is 13.9 Å². The number of aromatic nitrogens is 1. The van der Waals surface area contributed by atoms with Gasteiger partial charge in [0.25, 0.3) is 0 Å². The average Bonchev–Trinajstić information content (AvgIpc) is 2.66. The lowest BCUT2D eigenvalue weighted by Gasteiger charge is -2.16. The van der Waals surface area contributed by atoms with E-state index in [0.29, 0.717) is 12.4 Å². The number of nitrogens with zero attached hydrogens (tertiary/aromatic N) is 1. The number of hydrogen-bond donors (Lipinski definition) is 1. The zero-order chi connectivity index (χ0) is 11.3. The van der Waals surface area contributed by atoms with Crippen molar-refractivity contribution >= 4 is 0 Å². The maximum Gasteiger partial charge on any atom is 0.211 e. The van der Waals surface area contributed by atoms with Crippen LogP contribution in [-0.4, -0.2) is 32.0 Å². The van der Waals surface area contributed by atoms with Crippen LogP contribution >= 0.6 is 0 Å². The van der Waals surface area contributed by atoms with Gasteiger partial charge in [0.1, 0.15) is 5.76 Å². The van der Waals surface area contributed by atoms with Crippen LogP contribution in [0.1, 0.15) is 24.6 Å². The van der Waals surface area contributed by atoms with Crippen LogP contribution < -0.4 is 5.32 Å². The van der Waals surface area contributed by atoms with Crippen LogP contribution in [0.15, 0.2) is 10.6 Å². The molecule has 0 aliphatic carbocycles. The van der Waals surface area contributed by atoms with E-state index in [1.165, 1.54) is 0 Å². The second-order valence-electron chi connectivity index (χ2n) is 3.34. The van der Waals surface area contributed by atoms with E-state index in [-0.39, 0.29) is 12.3 Å². The SMILES string of the molecule is COC(CNC(C)c1ncc(C)o1)OC. The number of methoxy groups -OCH3 is 2. The van der Waals surface area contributed by atoms with Crippen LogP contribution in [0.4, 0.5) is 0 Å². The highest BCUT2D eigenvalue weighted by atomic mass is 16.7. The number of nitrogens with one attached hydrogen (secondary N) is 1. The Morgan fingerprint density at radius 1 is 1.47 bits per heavy atom. The first-order valence-electron chi connectivity index (χ1n) is 4.88. The molecule has 86 valence electrons. The van der Waals surface area contributed by atoms with Crippen molar-refractivity contribution in [1.29, 1.82) is 0 Å². The molecule has 0 aliphatic heterocycles. The fraction of sp³-hybridized carbons (Fsp3) is 0.700. The molecule has 5 nitrogen and oxygen atoms in total. The Labute approximate surface area is 89.8 Å². The van der Waals surface area contributed by atoms with Gasteiger partial charge in [-0.2, -0.15) is 0 Å². The Morgan fingerprint density at radius 3 is 2.60 bits per heavy atom. The molecule has 0 bridgehead atoms. The average molecular weight is 214 g/mol. The van der Waals surface area contributed by atoms with Crippen molar-refractivity contribution in [2.24, 2.45) is 0 Å². The molecule has 0 spiro atoms. The molecule has 0 fully saturated rings. The minimum atomic E-state index is -0.247. The summed E-state index contributed by atoms with van der Waals surface area (Å²) in [5.41, 5.74) is 0. The molecule has 0 amide bonds. The first-order chi connectivity index (χ1) is 7.17. The van der Waals surface area contributed by atoms with Crippen LogP contribution in [0, 0.1) is 6.92 Å². The van der Waals surface area contributed by atoms with E-state index in [9.17, 15) is 0 Å². The van der Waals surface area contributed by atoms with Gasteiger partial charge in [0, 0.05) is 20.8 Å². The molecule has 1 atom stereocenters.